The molecule has 3 amide bonds. The van der Waals surface area contributed by atoms with Gasteiger partial charge in [-0.25, -0.2) is 0 Å². The van der Waals surface area contributed by atoms with E-state index in [0.717, 1.165) is 31.6 Å². The summed E-state index contributed by atoms with van der Waals surface area (Å²) in [6, 6.07) is 14.7. The van der Waals surface area contributed by atoms with Crippen molar-refractivity contribution in [2.24, 2.45) is 5.92 Å². The van der Waals surface area contributed by atoms with Crippen molar-refractivity contribution < 1.29 is 19.1 Å². The first-order valence-corrected chi connectivity index (χ1v) is 11.3. The zero-order chi connectivity index (χ0) is 22.1. The maximum atomic E-state index is 13.4. The Balaban J connectivity index is 1.29. The van der Waals surface area contributed by atoms with Gasteiger partial charge in [-0.1, -0.05) is 30.3 Å². The third-order valence-corrected chi connectivity index (χ3v) is 6.61. The topological polar surface area (TPSA) is 79.0 Å². The van der Waals surface area contributed by atoms with Gasteiger partial charge in [0.1, 0.15) is 6.17 Å². The Morgan fingerprint density at radius 1 is 0.969 bits per heavy atom. The van der Waals surface area contributed by atoms with Crippen molar-refractivity contribution in [3.05, 3.63) is 65.2 Å². The minimum Gasteiger partial charge on any atom is -0.381 e. The molecular formula is C25H27N3O4. The first-order valence-electron chi connectivity index (χ1n) is 11.3. The molecule has 1 N–H and O–H groups in total. The summed E-state index contributed by atoms with van der Waals surface area (Å²) in [5.74, 6) is 0.280. The van der Waals surface area contributed by atoms with Crippen molar-refractivity contribution in [1.29, 1.82) is 0 Å². The minimum atomic E-state index is -0.466. The predicted molar refractivity (Wildman–Crippen MR) is 119 cm³/mol. The highest BCUT2D eigenvalue weighted by molar-refractivity contribution is 6.16. The zero-order valence-corrected chi connectivity index (χ0v) is 18.0. The second kappa shape index (κ2) is 8.74. The summed E-state index contributed by atoms with van der Waals surface area (Å²) >= 11 is 0. The quantitative estimate of drug-likeness (QED) is 0.759. The largest absolute Gasteiger partial charge is 0.381 e. The van der Waals surface area contributed by atoms with Gasteiger partial charge in [-0.15, -0.1) is 0 Å². The van der Waals surface area contributed by atoms with E-state index in [9.17, 15) is 14.4 Å². The van der Waals surface area contributed by atoms with E-state index >= 15 is 0 Å². The number of nitrogens with zero attached hydrogens (tertiary/aromatic N) is 2. The number of para-hydroxylation sites is 1. The third kappa shape index (κ3) is 3.66. The van der Waals surface area contributed by atoms with E-state index in [1.807, 2.05) is 42.5 Å². The van der Waals surface area contributed by atoms with Crippen LogP contribution >= 0.6 is 0 Å². The summed E-state index contributed by atoms with van der Waals surface area (Å²) in [6.07, 6.45) is 2.37. The summed E-state index contributed by atoms with van der Waals surface area (Å²) in [7, 11) is 0. The molecule has 0 spiro atoms. The highest BCUT2D eigenvalue weighted by Gasteiger charge is 2.47. The summed E-state index contributed by atoms with van der Waals surface area (Å²) < 4.78 is 5.36. The van der Waals surface area contributed by atoms with Crippen LogP contribution in [0.2, 0.25) is 0 Å². The van der Waals surface area contributed by atoms with Crippen molar-refractivity contribution in [3.8, 4) is 0 Å². The van der Waals surface area contributed by atoms with Gasteiger partial charge < -0.3 is 15.0 Å². The smallest absolute Gasteiger partial charge is 0.260 e. The van der Waals surface area contributed by atoms with Gasteiger partial charge in [0.15, 0.2) is 0 Å². The number of hydrogen-bond donors (Lipinski definition) is 1. The molecule has 0 saturated carbocycles. The van der Waals surface area contributed by atoms with Crippen LogP contribution in [0.25, 0.3) is 0 Å². The molecule has 1 atom stereocenters. The van der Waals surface area contributed by atoms with Crippen LogP contribution in [-0.2, 0) is 9.53 Å². The van der Waals surface area contributed by atoms with Crippen LogP contribution in [0.15, 0.2) is 48.5 Å². The molecule has 166 valence electrons. The van der Waals surface area contributed by atoms with Crippen LogP contribution < -0.4 is 10.2 Å². The maximum absolute atomic E-state index is 13.4. The molecule has 1 saturated heterocycles. The van der Waals surface area contributed by atoms with Gasteiger partial charge in [0.05, 0.1) is 11.3 Å². The molecule has 32 heavy (non-hydrogen) atoms. The van der Waals surface area contributed by atoms with E-state index in [4.69, 9.17) is 4.74 Å². The van der Waals surface area contributed by atoms with Gasteiger partial charge in [0.2, 0.25) is 5.91 Å². The SMILES string of the molecule is O=C(CCCN1C(=O)c2ccccc2N2C(=O)c3ccccc3[C@@H]12)NCC1CCOCC1. The first kappa shape index (κ1) is 20.7. The summed E-state index contributed by atoms with van der Waals surface area (Å²) in [5.41, 5.74) is 2.63. The zero-order valence-electron chi connectivity index (χ0n) is 18.0. The second-order valence-electron chi connectivity index (χ2n) is 8.62. The Bertz CT molecular complexity index is 1050. The number of rotatable bonds is 6. The van der Waals surface area contributed by atoms with Crippen molar-refractivity contribution in [1.82, 2.24) is 10.2 Å². The van der Waals surface area contributed by atoms with Crippen LogP contribution in [0, 0.1) is 5.92 Å². The molecule has 2 aromatic carbocycles. The standard InChI is InChI=1S/C25H27N3O4/c29-22(26-16-17-11-14-32-15-12-17)10-5-13-27-23-18-6-1-2-7-19(18)25(31)28(23)21-9-4-3-8-20(21)24(27)30/h1-4,6-9,17,23H,5,10-16H2,(H,26,29)/t23-/m0/s1. The van der Waals surface area contributed by atoms with Crippen molar-refractivity contribution >= 4 is 23.4 Å². The highest BCUT2D eigenvalue weighted by atomic mass is 16.5. The Labute approximate surface area is 187 Å². The number of carbonyl (C=O) groups is 3. The number of nitrogens with one attached hydrogen (secondary N) is 1. The van der Waals surface area contributed by atoms with Crippen LogP contribution in [-0.4, -0.2) is 48.9 Å². The van der Waals surface area contributed by atoms with E-state index < -0.39 is 6.17 Å². The van der Waals surface area contributed by atoms with Gasteiger partial charge in [-0.2, -0.15) is 0 Å². The van der Waals surface area contributed by atoms with Crippen LogP contribution in [0.5, 0.6) is 0 Å². The van der Waals surface area contributed by atoms with Crippen LogP contribution in [0.4, 0.5) is 5.69 Å². The van der Waals surface area contributed by atoms with E-state index in [2.05, 4.69) is 5.32 Å². The van der Waals surface area contributed by atoms with E-state index in [1.165, 1.54) is 0 Å². The number of carbonyl (C=O) groups excluding carboxylic acids is 3. The summed E-state index contributed by atoms with van der Waals surface area (Å²) in [5, 5.41) is 3.02. The van der Waals surface area contributed by atoms with Crippen molar-refractivity contribution in [2.75, 3.05) is 31.2 Å². The van der Waals surface area contributed by atoms with Gasteiger partial charge in [-0.3, -0.25) is 19.3 Å². The van der Waals surface area contributed by atoms with E-state index in [-0.39, 0.29) is 17.7 Å². The third-order valence-electron chi connectivity index (χ3n) is 6.61. The lowest BCUT2D eigenvalue weighted by atomic mass is 10.0. The summed E-state index contributed by atoms with van der Waals surface area (Å²) in [4.78, 5) is 42.4. The van der Waals surface area contributed by atoms with E-state index in [1.54, 1.807) is 15.9 Å². The molecule has 3 heterocycles. The normalized spacial score (nSPS) is 20.1. The predicted octanol–water partition coefficient (Wildman–Crippen LogP) is 3.12. The number of fused-ring (bicyclic) bond motifs is 5. The van der Waals surface area contributed by atoms with Crippen molar-refractivity contribution in [3.63, 3.8) is 0 Å². The van der Waals surface area contributed by atoms with E-state index in [0.29, 0.717) is 48.7 Å². The molecule has 0 aromatic heterocycles. The summed E-state index contributed by atoms with van der Waals surface area (Å²) in [6.45, 7) is 2.60. The molecule has 1 fully saturated rings. The minimum absolute atomic E-state index is 0.00102. The average Bonchev–Trinajstić information content (AvgIpc) is 3.13. The fourth-order valence-corrected chi connectivity index (χ4v) is 4.91. The molecule has 0 aliphatic carbocycles. The molecule has 7 nitrogen and oxygen atoms in total. The maximum Gasteiger partial charge on any atom is 0.260 e. The number of anilines is 1. The molecule has 0 bridgehead atoms. The number of hydrogen-bond acceptors (Lipinski definition) is 4. The molecule has 3 aliphatic heterocycles. The molecule has 0 unspecified atom stereocenters. The number of ether oxygens (including phenoxy) is 1. The lowest BCUT2D eigenvalue weighted by Crippen LogP contribution is -2.48. The lowest BCUT2D eigenvalue weighted by molar-refractivity contribution is -0.121. The monoisotopic (exact) mass is 433 g/mol. The average molecular weight is 434 g/mol. The van der Waals surface area contributed by atoms with Crippen LogP contribution in [0.1, 0.15) is 58.1 Å². The molecule has 5 rings (SSSR count). The lowest BCUT2D eigenvalue weighted by Gasteiger charge is -2.41. The molecule has 2 aromatic rings. The Kier molecular flexibility index (Phi) is 5.66. The second-order valence-corrected chi connectivity index (χ2v) is 8.62. The molecule has 7 heteroatoms. The Morgan fingerprint density at radius 2 is 1.69 bits per heavy atom. The molecular weight excluding hydrogens is 406 g/mol. The van der Waals surface area contributed by atoms with Gasteiger partial charge in [0.25, 0.3) is 11.8 Å². The van der Waals surface area contributed by atoms with Gasteiger partial charge >= 0.3 is 0 Å². The number of amides is 3. The Hall–Kier alpha value is -3.19. The molecule has 3 aliphatic rings. The first-order chi connectivity index (χ1) is 15.6. The fourth-order valence-electron chi connectivity index (χ4n) is 4.91. The number of benzene rings is 2. The van der Waals surface area contributed by atoms with Crippen LogP contribution in [0.3, 0.4) is 0 Å². The molecule has 0 radical (unpaired) electrons. The van der Waals surface area contributed by atoms with Crippen molar-refractivity contribution in [2.45, 2.75) is 31.8 Å². The van der Waals surface area contributed by atoms with Gasteiger partial charge in [0, 0.05) is 43.9 Å². The highest BCUT2D eigenvalue weighted by Crippen LogP contribution is 2.45. The Morgan fingerprint density at radius 3 is 2.50 bits per heavy atom. The van der Waals surface area contributed by atoms with Gasteiger partial charge in [-0.05, 0) is 43.4 Å². The fraction of sp³-hybridized carbons (Fsp3) is 0.400.